The van der Waals surface area contributed by atoms with Crippen LogP contribution >= 0.6 is 22.9 Å². The lowest BCUT2D eigenvalue weighted by atomic mass is 10.1. The molecule has 23 heavy (non-hydrogen) atoms. The van der Waals surface area contributed by atoms with Crippen molar-refractivity contribution in [3.8, 4) is 0 Å². The van der Waals surface area contributed by atoms with Crippen molar-refractivity contribution < 1.29 is 9.59 Å². The molecule has 1 aliphatic heterocycles. The van der Waals surface area contributed by atoms with Gasteiger partial charge in [-0.3, -0.25) is 9.59 Å². The van der Waals surface area contributed by atoms with Crippen LogP contribution in [0, 0.1) is 12.8 Å². The van der Waals surface area contributed by atoms with Gasteiger partial charge >= 0.3 is 0 Å². The molecule has 0 radical (unpaired) electrons. The third kappa shape index (κ3) is 3.86. The van der Waals surface area contributed by atoms with Crippen molar-refractivity contribution in [3.05, 3.63) is 15.0 Å². The quantitative estimate of drug-likeness (QED) is 0.882. The van der Waals surface area contributed by atoms with Crippen LogP contribution in [0.1, 0.15) is 42.8 Å². The minimum Gasteiger partial charge on any atom is -0.355 e. The first-order chi connectivity index (χ1) is 11.0. The highest BCUT2D eigenvalue weighted by Crippen LogP contribution is 2.29. The van der Waals surface area contributed by atoms with Crippen molar-refractivity contribution in [2.45, 2.75) is 51.5 Å². The van der Waals surface area contributed by atoms with E-state index in [4.69, 9.17) is 11.6 Å². The van der Waals surface area contributed by atoms with Gasteiger partial charge < -0.3 is 10.2 Å². The van der Waals surface area contributed by atoms with Crippen molar-refractivity contribution in [2.24, 2.45) is 5.92 Å². The molecule has 1 unspecified atom stereocenters. The maximum atomic E-state index is 12.3. The lowest BCUT2D eigenvalue weighted by Gasteiger charge is -2.23. The molecule has 1 N–H and O–H groups in total. The maximum Gasteiger partial charge on any atom is 0.225 e. The van der Waals surface area contributed by atoms with Gasteiger partial charge in [-0.05, 0) is 19.8 Å². The summed E-state index contributed by atoms with van der Waals surface area (Å²) in [5.74, 6) is -0.0812. The second kappa shape index (κ2) is 7.18. The summed E-state index contributed by atoms with van der Waals surface area (Å²) in [7, 11) is 0. The molecule has 5 nitrogen and oxygen atoms in total. The van der Waals surface area contributed by atoms with Gasteiger partial charge in [-0.2, -0.15) is 0 Å². The van der Waals surface area contributed by atoms with E-state index in [2.05, 4.69) is 10.3 Å². The largest absolute Gasteiger partial charge is 0.355 e. The summed E-state index contributed by atoms with van der Waals surface area (Å²) in [5, 5.41) is 3.87. The third-order valence-corrected chi connectivity index (χ3v) is 6.23. The molecular weight excluding hydrogens is 334 g/mol. The minimum absolute atomic E-state index is 0.0155. The Morgan fingerprint density at radius 2 is 2.17 bits per heavy atom. The van der Waals surface area contributed by atoms with Gasteiger partial charge in [-0.25, -0.2) is 4.98 Å². The summed E-state index contributed by atoms with van der Waals surface area (Å²) in [6, 6.07) is 0.362. The molecule has 1 aromatic heterocycles. The highest BCUT2D eigenvalue weighted by atomic mass is 35.5. The highest BCUT2D eigenvalue weighted by molar-refractivity contribution is 7.16. The number of aryl methyl sites for hydroxylation is 1. The Morgan fingerprint density at radius 3 is 2.83 bits per heavy atom. The fourth-order valence-corrected chi connectivity index (χ4v) is 4.55. The summed E-state index contributed by atoms with van der Waals surface area (Å²) >= 11 is 7.45. The van der Waals surface area contributed by atoms with Crippen LogP contribution in [0.4, 0.5) is 0 Å². The smallest absolute Gasteiger partial charge is 0.225 e. The molecule has 1 aromatic rings. The SMILES string of the molecule is Cc1nc(CCNC(=O)C2CC(=O)N(C3CCCC3)C2)sc1Cl. The van der Waals surface area contributed by atoms with Gasteiger partial charge in [-0.1, -0.05) is 24.4 Å². The summed E-state index contributed by atoms with van der Waals surface area (Å²) < 4.78 is 0.708. The summed E-state index contributed by atoms with van der Waals surface area (Å²) in [6.45, 7) is 3.00. The Morgan fingerprint density at radius 1 is 1.43 bits per heavy atom. The van der Waals surface area contributed by atoms with Gasteiger partial charge in [0.05, 0.1) is 16.6 Å². The van der Waals surface area contributed by atoms with Crippen molar-refractivity contribution in [3.63, 3.8) is 0 Å². The van der Waals surface area contributed by atoms with Gasteiger partial charge in [0.1, 0.15) is 4.34 Å². The number of carbonyl (C=O) groups is 2. The van der Waals surface area contributed by atoms with Gasteiger partial charge in [0.15, 0.2) is 0 Å². The van der Waals surface area contributed by atoms with E-state index in [0.717, 1.165) is 23.5 Å². The van der Waals surface area contributed by atoms with Crippen LogP contribution in [0.15, 0.2) is 0 Å². The fourth-order valence-electron chi connectivity index (χ4n) is 3.45. The number of likely N-dealkylation sites (tertiary alicyclic amines) is 1. The highest BCUT2D eigenvalue weighted by Gasteiger charge is 2.38. The molecular formula is C16H22ClN3O2S. The summed E-state index contributed by atoms with van der Waals surface area (Å²) in [5.41, 5.74) is 0.839. The number of amides is 2. The number of aromatic nitrogens is 1. The van der Waals surface area contributed by atoms with Crippen LogP contribution in [0.5, 0.6) is 0 Å². The number of hydrogen-bond donors (Lipinski definition) is 1. The number of hydrogen-bond acceptors (Lipinski definition) is 4. The fraction of sp³-hybridized carbons (Fsp3) is 0.688. The maximum absolute atomic E-state index is 12.3. The Hall–Kier alpha value is -1.14. The van der Waals surface area contributed by atoms with Gasteiger partial charge in [0, 0.05) is 32.0 Å². The molecule has 2 fully saturated rings. The van der Waals surface area contributed by atoms with Crippen LogP contribution in [0.2, 0.25) is 4.34 Å². The molecule has 2 amide bonds. The molecule has 1 aliphatic carbocycles. The van der Waals surface area contributed by atoms with Crippen LogP contribution in [-0.4, -0.2) is 40.8 Å². The van der Waals surface area contributed by atoms with Gasteiger partial charge in [-0.15, -0.1) is 11.3 Å². The zero-order chi connectivity index (χ0) is 16.4. The predicted octanol–water partition coefficient (Wildman–Crippen LogP) is 2.55. The molecule has 2 aliphatic rings. The van der Waals surface area contributed by atoms with E-state index in [1.807, 2.05) is 11.8 Å². The van der Waals surface area contributed by atoms with Gasteiger partial charge in [0.25, 0.3) is 0 Å². The summed E-state index contributed by atoms with van der Waals surface area (Å²) in [4.78, 5) is 30.7. The lowest BCUT2D eigenvalue weighted by Crippen LogP contribution is -2.37. The van der Waals surface area contributed by atoms with Crippen LogP contribution in [0.25, 0.3) is 0 Å². The molecule has 1 saturated carbocycles. The number of nitrogens with zero attached hydrogens (tertiary/aromatic N) is 2. The standard InChI is InChI=1S/C16H22ClN3O2S/c1-10-15(17)23-13(19-10)6-7-18-16(22)11-8-14(21)20(9-11)12-4-2-3-5-12/h11-12H,2-9H2,1H3,(H,18,22). The van der Waals surface area contributed by atoms with E-state index >= 15 is 0 Å². The minimum atomic E-state index is -0.204. The average Bonchev–Trinajstić information content (AvgIpc) is 3.21. The second-order valence-electron chi connectivity index (χ2n) is 6.39. The van der Waals surface area contributed by atoms with Crippen LogP contribution < -0.4 is 5.32 Å². The van der Waals surface area contributed by atoms with Crippen LogP contribution in [0.3, 0.4) is 0 Å². The first-order valence-electron chi connectivity index (χ1n) is 8.23. The second-order valence-corrected chi connectivity index (χ2v) is 8.08. The van der Waals surface area contributed by atoms with Crippen LogP contribution in [-0.2, 0) is 16.0 Å². The van der Waals surface area contributed by atoms with E-state index in [1.165, 1.54) is 24.2 Å². The topological polar surface area (TPSA) is 62.3 Å². The molecule has 1 saturated heterocycles. The number of halogens is 1. The zero-order valence-electron chi connectivity index (χ0n) is 13.3. The van der Waals surface area contributed by atoms with E-state index in [1.54, 1.807) is 0 Å². The molecule has 3 rings (SSSR count). The number of nitrogens with one attached hydrogen (secondary N) is 1. The molecule has 0 bridgehead atoms. The van der Waals surface area contributed by atoms with Gasteiger partial charge in [0.2, 0.25) is 11.8 Å². The number of thiazole rings is 1. The molecule has 126 valence electrons. The van der Waals surface area contributed by atoms with Crippen molar-refractivity contribution in [1.82, 2.24) is 15.2 Å². The first-order valence-corrected chi connectivity index (χ1v) is 9.43. The average molecular weight is 356 g/mol. The molecule has 0 spiro atoms. The lowest BCUT2D eigenvalue weighted by molar-refractivity contribution is -0.130. The normalized spacial score (nSPS) is 22.1. The Kier molecular flexibility index (Phi) is 5.21. The first kappa shape index (κ1) is 16.7. The van der Waals surface area contributed by atoms with E-state index in [9.17, 15) is 9.59 Å². The zero-order valence-corrected chi connectivity index (χ0v) is 14.9. The van der Waals surface area contributed by atoms with Crippen molar-refractivity contribution in [1.29, 1.82) is 0 Å². The summed E-state index contributed by atoms with van der Waals surface area (Å²) in [6.07, 6.45) is 5.60. The predicted molar refractivity (Wildman–Crippen MR) is 90.7 cm³/mol. The van der Waals surface area contributed by atoms with Crippen molar-refractivity contribution in [2.75, 3.05) is 13.1 Å². The van der Waals surface area contributed by atoms with Crippen molar-refractivity contribution >= 4 is 34.8 Å². The number of carbonyl (C=O) groups excluding carboxylic acids is 2. The number of rotatable bonds is 5. The molecule has 0 aromatic carbocycles. The Labute approximate surface area is 145 Å². The Bertz CT molecular complexity index is 579. The molecule has 7 heteroatoms. The van der Waals surface area contributed by atoms with E-state index in [0.29, 0.717) is 36.3 Å². The third-order valence-electron chi connectivity index (χ3n) is 4.72. The Balaban J connectivity index is 1.46. The van der Waals surface area contributed by atoms with E-state index < -0.39 is 0 Å². The van der Waals surface area contributed by atoms with E-state index in [-0.39, 0.29) is 17.7 Å². The molecule has 1 atom stereocenters. The monoisotopic (exact) mass is 355 g/mol. The molecule has 2 heterocycles.